The molecular weight excluding hydrogens is 233 g/mol. The van der Waals surface area contributed by atoms with Crippen LogP contribution >= 0.6 is 0 Å². The van der Waals surface area contributed by atoms with E-state index in [9.17, 15) is 4.39 Å². The van der Waals surface area contributed by atoms with Crippen molar-refractivity contribution in [1.29, 1.82) is 0 Å². The van der Waals surface area contributed by atoms with Crippen molar-refractivity contribution in [1.82, 2.24) is 9.78 Å². The van der Waals surface area contributed by atoms with E-state index in [-0.39, 0.29) is 12.4 Å². The van der Waals surface area contributed by atoms with E-state index in [0.29, 0.717) is 17.1 Å². The molecule has 2 N–H and O–H groups in total. The minimum absolute atomic E-state index is 0.138. The number of ether oxygens (including phenoxy) is 1. The van der Waals surface area contributed by atoms with Crippen molar-refractivity contribution in [3.63, 3.8) is 0 Å². The summed E-state index contributed by atoms with van der Waals surface area (Å²) in [5, 5.41) is 4.24. The van der Waals surface area contributed by atoms with Crippen molar-refractivity contribution < 1.29 is 9.13 Å². The van der Waals surface area contributed by atoms with E-state index in [4.69, 9.17) is 10.5 Å². The molecule has 0 aliphatic carbocycles. The monoisotopic (exact) mass is 249 g/mol. The summed E-state index contributed by atoms with van der Waals surface area (Å²) in [4.78, 5) is 0. The van der Waals surface area contributed by atoms with Crippen LogP contribution in [-0.2, 0) is 20.1 Å². The van der Waals surface area contributed by atoms with Gasteiger partial charge in [-0.15, -0.1) is 0 Å². The van der Waals surface area contributed by atoms with Gasteiger partial charge in [0.05, 0.1) is 5.69 Å². The summed E-state index contributed by atoms with van der Waals surface area (Å²) in [5.74, 6) is 0.198. The highest BCUT2D eigenvalue weighted by atomic mass is 19.1. The molecule has 4 nitrogen and oxygen atoms in total. The lowest BCUT2D eigenvalue weighted by atomic mass is 10.2. The van der Waals surface area contributed by atoms with E-state index in [1.165, 1.54) is 6.07 Å². The third-order valence-electron chi connectivity index (χ3n) is 2.76. The fourth-order valence-electron chi connectivity index (χ4n) is 1.77. The van der Waals surface area contributed by atoms with E-state index in [0.717, 1.165) is 12.1 Å². The minimum atomic E-state index is -0.283. The summed E-state index contributed by atoms with van der Waals surface area (Å²) >= 11 is 0. The quantitative estimate of drug-likeness (QED) is 0.904. The Hall–Kier alpha value is -2.04. The third-order valence-corrected chi connectivity index (χ3v) is 2.76. The Kier molecular flexibility index (Phi) is 3.50. The predicted molar refractivity (Wildman–Crippen MR) is 67.7 cm³/mol. The lowest BCUT2D eigenvalue weighted by molar-refractivity contribution is 0.275. The Morgan fingerprint density at radius 3 is 2.72 bits per heavy atom. The first kappa shape index (κ1) is 12.4. The van der Waals surface area contributed by atoms with E-state index in [1.54, 1.807) is 29.9 Å². The van der Waals surface area contributed by atoms with Gasteiger partial charge in [0, 0.05) is 12.6 Å². The molecule has 1 heterocycles. The fraction of sp³-hybridized carbons (Fsp3) is 0.308. The number of rotatable bonds is 4. The zero-order valence-electron chi connectivity index (χ0n) is 10.5. The van der Waals surface area contributed by atoms with Crippen LogP contribution < -0.4 is 10.5 Å². The van der Waals surface area contributed by atoms with Crippen molar-refractivity contribution in [3.05, 3.63) is 41.3 Å². The summed E-state index contributed by atoms with van der Waals surface area (Å²) in [7, 11) is 1.76. The Balaban J connectivity index is 2.16. The van der Waals surface area contributed by atoms with Crippen LogP contribution in [0.15, 0.2) is 24.3 Å². The highest BCUT2D eigenvalue weighted by molar-refractivity contribution is 5.53. The standard InChI is InChI=1S/C13H16FN3O/c1-3-11-12(15)13(17(2)16-11)18-8-9-6-4-5-7-10(9)14/h4-7H,3,8,15H2,1-2H3. The second-order valence-corrected chi connectivity index (χ2v) is 4.02. The van der Waals surface area contributed by atoms with Gasteiger partial charge >= 0.3 is 0 Å². The number of halogens is 1. The lowest BCUT2D eigenvalue weighted by Gasteiger charge is -2.07. The molecule has 0 spiro atoms. The first-order chi connectivity index (χ1) is 8.63. The summed E-state index contributed by atoms with van der Waals surface area (Å²) in [6, 6.07) is 6.50. The van der Waals surface area contributed by atoms with E-state index >= 15 is 0 Å². The van der Waals surface area contributed by atoms with E-state index in [1.807, 2.05) is 6.92 Å². The van der Waals surface area contributed by atoms with Crippen molar-refractivity contribution in [2.45, 2.75) is 20.0 Å². The number of anilines is 1. The summed E-state index contributed by atoms with van der Waals surface area (Å²) in [5.41, 5.74) is 7.73. The molecular formula is C13H16FN3O. The van der Waals surface area contributed by atoms with Crippen molar-refractivity contribution in [2.24, 2.45) is 7.05 Å². The van der Waals surface area contributed by atoms with Gasteiger partial charge in [-0.25, -0.2) is 9.07 Å². The van der Waals surface area contributed by atoms with Gasteiger partial charge in [-0.05, 0) is 12.5 Å². The van der Waals surface area contributed by atoms with Gasteiger partial charge in [-0.3, -0.25) is 0 Å². The molecule has 96 valence electrons. The van der Waals surface area contributed by atoms with Gasteiger partial charge < -0.3 is 10.5 Å². The maximum atomic E-state index is 13.4. The highest BCUT2D eigenvalue weighted by Crippen LogP contribution is 2.25. The number of aryl methyl sites for hydroxylation is 2. The molecule has 2 rings (SSSR count). The molecule has 0 fully saturated rings. The van der Waals surface area contributed by atoms with Gasteiger partial charge in [0.25, 0.3) is 0 Å². The highest BCUT2D eigenvalue weighted by Gasteiger charge is 2.13. The fourth-order valence-corrected chi connectivity index (χ4v) is 1.77. The molecule has 0 unspecified atom stereocenters. The zero-order chi connectivity index (χ0) is 13.1. The van der Waals surface area contributed by atoms with Crippen LogP contribution in [0.2, 0.25) is 0 Å². The predicted octanol–water partition coefficient (Wildman–Crippen LogP) is 2.28. The average Bonchev–Trinajstić information content (AvgIpc) is 2.64. The largest absolute Gasteiger partial charge is 0.471 e. The topological polar surface area (TPSA) is 53.1 Å². The van der Waals surface area contributed by atoms with Gasteiger partial charge in [-0.2, -0.15) is 5.10 Å². The average molecular weight is 249 g/mol. The molecule has 0 amide bonds. The molecule has 0 aliphatic heterocycles. The molecule has 0 bridgehead atoms. The molecule has 5 heteroatoms. The molecule has 0 saturated carbocycles. The molecule has 0 atom stereocenters. The Bertz CT molecular complexity index is 551. The van der Waals surface area contributed by atoms with Crippen LogP contribution in [0.1, 0.15) is 18.2 Å². The van der Waals surface area contributed by atoms with Crippen LogP contribution in [-0.4, -0.2) is 9.78 Å². The van der Waals surface area contributed by atoms with E-state index in [2.05, 4.69) is 5.10 Å². The Morgan fingerprint density at radius 2 is 2.11 bits per heavy atom. The molecule has 0 radical (unpaired) electrons. The van der Waals surface area contributed by atoms with Crippen molar-refractivity contribution in [2.75, 3.05) is 5.73 Å². The van der Waals surface area contributed by atoms with E-state index < -0.39 is 0 Å². The minimum Gasteiger partial charge on any atom is -0.471 e. The number of nitrogens with two attached hydrogens (primary N) is 1. The molecule has 0 saturated heterocycles. The number of nitrogens with zero attached hydrogens (tertiary/aromatic N) is 2. The number of nitrogen functional groups attached to an aromatic ring is 1. The molecule has 1 aromatic heterocycles. The number of aromatic nitrogens is 2. The second-order valence-electron chi connectivity index (χ2n) is 4.02. The normalized spacial score (nSPS) is 10.6. The lowest BCUT2D eigenvalue weighted by Crippen LogP contribution is -2.04. The summed E-state index contributed by atoms with van der Waals surface area (Å²) < 4.78 is 20.6. The Labute approximate surface area is 105 Å². The second kappa shape index (κ2) is 5.08. The molecule has 2 aromatic rings. The van der Waals surface area contributed by atoms with Crippen LogP contribution in [0.3, 0.4) is 0 Å². The first-order valence-corrected chi connectivity index (χ1v) is 5.81. The van der Waals surface area contributed by atoms with Gasteiger partial charge in [0.15, 0.2) is 0 Å². The number of hydrogen-bond acceptors (Lipinski definition) is 3. The Morgan fingerprint density at radius 1 is 1.39 bits per heavy atom. The van der Waals surface area contributed by atoms with Crippen LogP contribution in [0.4, 0.5) is 10.1 Å². The SMILES string of the molecule is CCc1nn(C)c(OCc2ccccc2F)c1N. The van der Waals surface area contributed by atoms with Crippen LogP contribution in [0, 0.1) is 5.82 Å². The van der Waals surface area contributed by atoms with Gasteiger partial charge in [-0.1, -0.05) is 25.1 Å². The van der Waals surface area contributed by atoms with Crippen molar-refractivity contribution >= 4 is 5.69 Å². The van der Waals surface area contributed by atoms with Crippen LogP contribution in [0.25, 0.3) is 0 Å². The van der Waals surface area contributed by atoms with Gasteiger partial charge in [0.1, 0.15) is 18.1 Å². The first-order valence-electron chi connectivity index (χ1n) is 5.81. The zero-order valence-corrected chi connectivity index (χ0v) is 10.5. The van der Waals surface area contributed by atoms with Crippen molar-refractivity contribution in [3.8, 4) is 5.88 Å². The maximum absolute atomic E-state index is 13.4. The van der Waals surface area contributed by atoms with Gasteiger partial charge in [0.2, 0.25) is 5.88 Å². The number of benzene rings is 1. The molecule has 18 heavy (non-hydrogen) atoms. The van der Waals surface area contributed by atoms with Crippen LogP contribution in [0.5, 0.6) is 5.88 Å². The summed E-state index contributed by atoms with van der Waals surface area (Å²) in [6.07, 6.45) is 0.739. The number of hydrogen-bond donors (Lipinski definition) is 1. The molecule has 1 aromatic carbocycles. The summed E-state index contributed by atoms with van der Waals surface area (Å²) in [6.45, 7) is 2.11. The maximum Gasteiger partial charge on any atom is 0.236 e. The third kappa shape index (κ3) is 2.30. The molecule has 0 aliphatic rings. The smallest absolute Gasteiger partial charge is 0.236 e.